The van der Waals surface area contributed by atoms with E-state index < -0.39 is 12.2 Å². The first kappa shape index (κ1) is 10.7. The van der Waals surface area contributed by atoms with Crippen LogP contribution in [0.4, 0.5) is 0 Å². The molecule has 0 spiro atoms. The normalized spacial score (nSPS) is 14.1. The predicted octanol–water partition coefficient (Wildman–Crippen LogP) is 1.81. The summed E-state index contributed by atoms with van der Waals surface area (Å²) in [6.07, 6.45) is 0.372. The van der Waals surface area contributed by atoms with Gasteiger partial charge in [-0.3, -0.25) is 0 Å². The van der Waals surface area contributed by atoms with Gasteiger partial charge in [-0.25, -0.2) is 0 Å². The Morgan fingerprint density at radius 2 is 1.93 bits per heavy atom. The molecule has 0 aromatic heterocycles. The Hall–Kier alpha value is -1.34. The van der Waals surface area contributed by atoms with E-state index in [1.165, 1.54) is 6.08 Å². The minimum atomic E-state index is -0.692. The molecule has 74 valence electrons. The second-order valence-corrected chi connectivity index (χ2v) is 3.10. The van der Waals surface area contributed by atoms with Gasteiger partial charge in [0.2, 0.25) is 0 Å². The third kappa shape index (κ3) is 3.19. The quantitative estimate of drug-likeness (QED) is 0.711. The van der Waals surface area contributed by atoms with Crippen molar-refractivity contribution in [3.05, 3.63) is 54.3 Å². The lowest BCUT2D eigenvalue weighted by atomic mass is 10.0. The van der Waals surface area contributed by atoms with Gasteiger partial charge in [0.1, 0.15) is 0 Å². The third-order valence-electron chi connectivity index (χ3n) is 1.96. The SMILES string of the molecule is C=C=C[C@H](O)C[C@H](O)c1ccccc1. The third-order valence-corrected chi connectivity index (χ3v) is 1.96. The van der Waals surface area contributed by atoms with E-state index in [1.54, 1.807) is 0 Å². The molecule has 1 rings (SSSR count). The maximum atomic E-state index is 9.69. The molecule has 0 fully saturated rings. The minimum Gasteiger partial charge on any atom is -0.388 e. The highest BCUT2D eigenvalue weighted by molar-refractivity contribution is 5.17. The van der Waals surface area contributed by atoms with Crippen molar-refractivity contribution >= 4 is 0 Å². The van der Waals surface area contributed by atoms with Crippen LogP contribution < -0.4 is 0 Å². The van der Waals surface area contributed by atoms with E-state index in [1.807, 2.05) is 30.3 Å². The van der Waals surface area contributed by atoms with E-state index in [2.05, 4.69) is 12.3 Å². The van der Waals surface area contributed by atoms with Crippen LogP contribution in [0.2, 0.25) is 0 Å². The fourth-order valence-corrected chi connectivity index (χ4v) is 1.24. The Morgan fingerprint density at radius 3 is 2.50 bits per heavy atom. The Labute approximate surface area is 83.8 Å². The Bertz CT molecular complexity index is 312. The van der Waals surface area contributed by atoms with Crippen LogP contribution in [0, 0.1) is 0 Å². The molecule has 2 heteroatoms. The maximum absolute atomic E-state index is 9.69. The van der Waals surface area contributed by atoms with Crippen LogP contribution in [0.1, 0.15) is 18.1 Å². The maximum Gasteiger partial charge on any atom is 0.0822 e. The van der Waals surface area contributed by atoms with Crippen LogP contribution in [0.5, 0.6) is 0 Å². The predicted molar refractivity (Wildman–Crippen MR) is 55.7 cm³/mol. The van der Waals surface area contributed by atoms with Crippen LogP contribution >= 0.6 is 0 Å². The van der Waals surface area contributed by atoms with Gasteiger partial charge in [-0.1, -0.05) is 36.9 Å². The van der Waals surface area contributed by atoms with Gasteiger partial charge >= 0.3 is 0 Å². The molecule has 1 aromatic rings. The van der Waals surface area contributed by atoms with Gasteiger partial charge in [-0.05, 0) is 11.6 Å². The average Bonchev–Trinajstić information content (AvgIpc) is 2.19. The number of aliphatic hydroxyl groups excluding tert-OH is 2. The fraction of sp³-hybridized carbons (Fsp3) is 0.250. The van der Waals surface area contributed by atoms with E-state index in [-0.39, 0.29) is 6.42 Å². The summed E-state index contributed by atoms with van der Waals surface area (Å²) < 4.78 is 0. The summed E-state index contributed by atoms with van der Waals surface area (Å²) in [5.41, 5.74) is 3.30. The van der Waals surface area contributed by atoms with Crippen molar-refractivity contribution in [1.29, 1.82) is 0 Å². The molecule has 0 saturated carbocycles. The summed E-state index contributed by atoms with van der Waals surface area (Å²) in [5, 5.41) is 19.1. The smallest absolute Gasteiger partial charge is 0.0822 e. The van der Waals surface area contributed by atoms with Crippen molar-refractivity contribution < 1.29 is 10.2 Å². The standard InChI is InChI=1S/C12H14O2/c1-2-6-11(13)9-12(14)10-7-4-3-5-8-10/h3-8,11-14H,1,9H2/t11-,12-/m0/s1. The van der Waals surface area contributed by atoms with Crippen LogP contribution in [0.25, 0.3) is 0 Å². The molecule has 0 bridgehead atoms. The molecule has 2 nitrogen and oxygen atoms in total. The van der Waals surface area contributed by atoms with Crippen molar-refractivity contribution in [3.63, 3.8) is 0 Å². The number of rotatable bonds is 4. The van der Waals surface area contributed by atoms with Gasteiger partial charge in [0.25, 0.3) is 0 Å². The summed E-state index contributed by atoms with van der Waals surface area (Å²) in [5.74, 6) is 0. The summed E-state index contributed by atoms with van der Waals surface area (Å²) in [6, 6.07) is 9.25. The first-order valence-corrected chi connectivity index (χ1v) is 4.51. The van der Waals surface area contributed by atoms with Crippen molar-refractivity contribution in [1.82, 2.24) is 0 Å². The van der Waals surface area contributed by atoms with Crippen LogP contribution in [0.15, 0.2) is 48.7 Å². The summed E-state index contributed by atoms with van der Waals surface area (Å²) in [7, 11) is 0. The van der Waals surface area contributed by atoms with E-state index >= 15 is 0 Å². The lowest BCUT2D eigenvalue weighted by Gasteiger charge is -2.12. The Balaban J connectivity index is 2.58. The topological polar surface area (TPSA) is 40.5 Å². The lowest BCUT2D eigenvalue weighted by molar-refractivity contribution is 0.104. The van der Waals surface area contributed by atoms with E-state index in [0.29, 0.717) is 0 Å². The minimum absolute atomic E-state index is 0.270. The van der Waals surface area contributed by atoms with Gasteiger partial charge in [0.05, 0.1) is 12.2 Å². The highest BCUT2D eigenvalue weighted by Gasteiger charge is 2.10. The number of benzene rings is 1. The summed E-state index contributed by atoms with van der Waals surface area (Å²) in [4.78, 5) is 0. The molecule has 0 saturated heterocycles. The molecular weight excluding hydrogens is 176 g/mol. The molecule has 2 N–H and O–H groups in total. The van der Waals surface area contributed by atoms with Gasteiger partial charge in [0.15, 0.2) is 0 Å². The molecular formula is C12H14O2. The van der Waals surface area contributed by atoms with Crippen LogP contribution in [-0.4, -0.2) is 16.3 Å². The highest BCUT2D eigenvalue weighted by Crippen LogP contribution is 2.17. The zero-order valence-electron chi connectivity index (χ0n) is 7.93. The largest absolute Gasteiger partial charge is 0.388 e. The molecule has 0 aliphatic carbocycles. The molecule has 0 unspecified atom stereocenters. The second-order valence-electron chi connectivity index (χ2n) is 3.10. The zero-order chi connectivity index (χ0) is 10.4. The monoisotopic (exact) mass is 190 g/mol. The van der Waals surface area contributed by atoms with Gasteiger partial charge < -0.3 is 10.2 Å². The highest BCUT2D eigenvalue weighted by atomic mass is 16.3. The molecule has 2 atom stereocenters. The Morgan fingerprint density at radius 1 is 1.29 bits per heavy atom. The second kappa shape index (κ2) is 5.40. The van der Waals surface area contributed by atoms with Crippen molar-refractivity contribution in [2.45, 2.75) is 18.6 Å². The van der Waals surface area contributed by atoms with Gasteiger partial charge in [-0.2, -0.15) is 0 Å². The average molecular weight is 190 g/mol. The van der Waals surface area contributed by atoms with Crippen LogP contribution in [0.3, 0.4) is 0 Å². The van der Waals surface area contributed by atoms with Gasteiger partial charge in [-0.15, -0.1) is 5.73 Å². The van der Waals surface area contributed by atoms with Gasteiger partial charge in [0, 0.05) is 6.42 Å². The first-order valence-electron chi connectivity index (χ1n) is 4.51. The molecule has 0 amide bonds. The van der Waals surface area contributed by atoms with Crippen LogP contribution in [-0.2, 0) is 0 Å². The van der Waals surface area contributed by atoms with E-state index in [9.17, 15) is 10.2 Å². The summed E-state index contributed by atoms with van der Waals surface area (Å²) >= 11 is 0. The molecule has 0 aliphatic heterocycles. The van der Waals surface area contributed by atoms with E-state index in [0.717, 1.165) is 5.56 Å². The number of hydrogen-bond acceptors (Lipinski definition) is 2. The molecule has 0 aliphatic rings. The molecule has 0 heterocycles. The van der Waals surface area contributed by atoms with Crippen molar-refractivity contribution in [3.8, 4) is 0 Å². The van der Waals surface area contributed by atoms with E-state index in [4.69, 9.17) is 0 Å². The molecule has 0 radical (unpaired) electrons. The summed E-state index contributed by atoms with van der Waals surface area (Å²) in [6.45, 7) is 3.36. The lowest BCUT2D eigenvalue weighted by Crippen LogP contribution is -2.09. The number of aliphatic hydroxyl groups is 2. The fourth-order valence-electron chi connectivity index (χ4n) is 1.24. The Kier molecular flexibility index (Phi) is 4.14. The van der Waals surface area contributed by atoms with Crippen molar-refractivity contribution in [2.24, 2.45) is 0 Å². The zero-order valence-corrected chi connectivity index (χ0v) is 7.93. The van der Waals surface area contributed by atoms with Crippen molar-refractivity contribution in [2.75, 3.05) is 0 Å². The molecule has 1 aromatic carbocycles. The first-order chi connectivity index (χ1) is 6.74. The molecule has 14 heavy (non-hydrogen) atoms. The number of hydrogen-bond donors (Lipinski definition) is 2.